The fourth-order valence-corrected chi connectivity index (χ4v) is 5.05. The van der Waals surface area contributed by atoms with E-state index < -0.39 is 16.0 Å². The molecule has 8 heteroatoms. The minimum atomic E-state index is -3.52. The summed E-state index contributed by atoms with van der Waals surface area (Å²) in [4.78, 5) is 12.3. The molecular weight excluding hydrogens is 380 g/mol. The highest BCUT2D eigenvalue weighted by Gasteiger charge is 2.27. The van der Waals surface area contributed by atoms with Gasteiger partial charge in [-0.3, -0.25) is 0 Å². The SMILES string of the molecule is CCOC(=O)c1ccoc1CNc1ccc(C)c(S(=O)(=O)N2CCCCC2)c1. The van der Waals surface area contributed by atoms with Gasteiger partial charge in [0.15, 0.2) is 0 Å². The zero-order chi connectivity index (χ0) is 20.1. The molecule has 1 N–H and O–H groups in total. The number of furan rings is 1. The van der Waals surface area contributed by atoms with Gasteiger partial charge in [0.05, 0.1) is 24.3 Å². The van der Waals surface area contributed by atoms with Crippen molar-refractivity contribution in [3.63, 3.8) is 0 Å². The number of nitrogens with zero attached hydrogens (tertiary/aromatic N) is 1. The maximum absolute atomic E-state index is 13.0. The molecule has 0 aliphatic carbocycles. The summed E-state index contributed by atoms with van der Waals surface area (Å²) in [5.74, 6) is 0.00443. The van der Waals surface area contributed by atoms with Crippen molar-refractivity contribution in [1.82, 2.24) is 4.31 Å². The maximum atomic E-state index is 13.0. The summed E-state index contributed by atoms with van der Waals surface area (Å²) in [6, 6.07) is 6.81. The molecule has 3 rings (SSSR count). The number of carbonyl (C=O) groups excluding carboxylic acids is 1. The van der Waals surface area contributed by atoms with E-state index in [0.29, 0.717) is 40.6 Å². The summed E-state index contributed by atoms with van der Waals surface area (Å²) in [7, 11) is -3.52. The number of rotatable bonds is 7. The van der Waals surface area contributed by atoms with E-state index in [0.717, 1.165) is 19.3 Å². The molecule has 7 nitrogen and oxygen atoms in total. The number of ether oxygens (including phenoxy) is 1. The molecule has 152 valence electrons. The molecule has 1 aliphatic heterocycles. The minimum Gasteiger partial charge on any atom is -0.467 e. The number of piperidine rings is 1. The van der Waals surface area contributed by atoms with Crippen LogP contribution in [0.2, 0.25) is 0 Å². The molecule has 2 heterocycles. The first-order valence-corrected chi connectivity index (χ1v) is 11.0. The fourth-order valence-electron chi connectivity index (χ4n) is 3.28. The van der Waals surface area contributed by atoms with Crippen molar-refractivity contribution in [2.75, 3.05) is 25.0 Å². The highest BCUT2D eigenvalue weighted by molar-refractivity contribution is 7.89. The molecule has 1 aromatic heterocycles. The van der Waals surface area contributed by atoms with E-state index in [1.54, 1.807) is 36.4 Å². The normalized spacial score (nSPS) is 15.4. The molecule has 0 atom stereocenters. The van der Waals surface area contributed by atoms with E-state index in [4.69, 9.17) is 9.15 Å². The Hall–Kier alpha value is -2.32. The Bertz CT molecular complexity index is 930. The molecular formula is C20H26N2O5S. The Balaban J connectivity index is 1.77. The second-order valence-corrected chi connectivity index (χ2v) is 8.68. The second kappa shape index (κ2) is 8.79. The van der Waals surface area contributed by atoms with Gasteiger partial charge in [-0.2, -0.15) is 4.31 Å². The highest BCUT2D eigenvalue weighted by Crippen LogP contribution is 2.26. The van der Waals surface area contributed by atoms with Crippen molar-refractivity contribution >= 4 is 21.7 Å². The van der Waals surface area contributed by atoms with Crippen LogP contribution in [0.3, 0.4) is 0 Å². The van der Waals surface area contributed by atoms with Crippen LogP contribution in [-0.2, 0) is 21.3 Å². The van der Waals surface area contributed by atoms with E-state index in [-0.39, 0.29) is 13.2 Å². The lowest BCUT2D eigenvalue weighted by atomic mass is 10.2. The highest BCUT2D eigenvalue weighted by atomic mass is 32.2. The topological polar surface area (TPSA) is 88.8 Å². The van der Waals surface area contributed by atoms with Crippen molar-refractivity contribution in [3.05, 3.63) is 47.4 Å². The minimum absolute atomic E-state index is 0.243. The zero-order valence-electron chi connectivity index (χ0n) is 16.2. The molecule has 0 saturated carbocycles. The lowest BCUT2D eigenvalue weighted by Crippen LogP contribution is -2.36. The molecule has 0 unspecified atom stereocenters. The van der Waals surface area contributed by atoms with Crippen LogP contribution in [0.15, 0.2) is 39.8 Å². The standard InChI is InChI=1S/C20H26N2O5S/c1-3-26-20(23)17-9-12-27-18(17)14-21-16-8-7-15(2)19(13-16)28(24,25)22-10-5-4-6-11-22/h7-9,12-13,21H,3-6,10-11,14H2,1-2H3. The van der Waals surface area contributed by atoms with Gasteiger partial charge >= 0.3 is 5.97 Å². The molecule has 1 aliphatic rings. The first-order chi connectivity index (χ1) is 13.4. The Labute approximate surface area is 165 Å². The predicted octanol–water partition coefficient (Wildman–Crippen LogP) is 3.55. The summed E-state index contributed by atoms with van der Waals surface area (Å²) in [6.45, 7) is 5.20. The van der Waals surface area contributed by atoms with Gasteiger partial charge in [0.1, 0.15) is 11.3 Å². The third-order valence-corrected chi connectivity index (χ3v) is 6.86. The third kappa shape index (κ3) is 4.39. The average molecular weight is 407 g/mol. The molecule has 0 spiro atoms. The molecule has 0 bridgehead atoms. The van der Waals surface area contributed by atoms with Crippen molar-refractivity contribution in [2.24, 2.45) is 0 Å². The van der Waals surface area contributed by atoms with Crippen LogP contribution in [-0.4, -0.2) is 38.4 Å². The summed E-state index contributed by atoms with van der Waals surface area (Å²) in [6.07, 6.45) is 4.29. The Morgan fingerprint density at radius 3 is 2.68 bits per heavy atom. The third-order valence-electron chi connectivity index (χ3n) is 4.81. The summed E-state index contributed by atoms with van der Waals surface area (Å²) in [5.41, 5.74) is 1.72. The molecule has 1 saturated heterocycles. The van der Waals surface area contributed by atoms with E-state index in [2.05, 4.69) is 5.32 Å². The van der Waals surface area contributed by atoms with Gasteiger partial charge in [0, 0.05) is 18.8 Å². The maximum Gasteiger partial charge on any atom is 0.341 e. The van der Waals surface area contributed by atoms with Gasteiger partial charge < -0.3 is 14.5 Å². The second-order valence-electron chi connectivity index (χ2n) is 6.78. The number of hydrogen-bond donors (Lipinski definition) is 1. The van der Waals surface area contributed by atoms with Gasteiger partial charge in [-0.1, -0.05) is 12.5 Å². The van der Waals surface area contributed by atoms with E-state index in [1.165, 1.54) is 6.26 Å². The number of carbonyl (C=O) groups is 1. The first kappa shape index (κ1) is 20.4. The van der Waals surface area contributed by atoms with Crippen LogP contribution >= 0.6 is 0 Å². The van der Waals surface area contributed by atoms with Crippen molar-refractivity contribution < 1.29 is 22.4 Å². The lowest BCUT2D eigenvalue weighted by molar-refractivity contribution is 0.0524. The molecule has 28 heavy (non-hydrogen) atoms. The zero-order valence-corrected chi connectivity index (χ0v) is 17.0. The van der Waals surface area contributed by atoms with Crippen LogP contribution in [0.1, 0.15) is 47.9 Å². The number of esters is 1. The monoisotopic (exact) mass is 406 g/mol. The van der Waals surface area contributed by atoms with Gasteiger partial charge in [-0.05, 0) is 50.5 Å². The van der Waals surface area contributed by atoms with Crippen LogP contribution < -0.4 is 5.32 Å². The molecule has 0 radical (unpaired) electrons. The van der Waals surface area contributed by atoms with Gasteiger partial charge in [-0.25, -0.2) is 13.2 Å². The van der Waals surface area contributed by atoms with E-state index in [9.17, 15) is 13.2 Å². The number of aryl methyl sites for hydroxylation is 1. The van der Waals surface area contributed by atoms with E-state index in [1.807, 2.05) is 6.07 Å². The number of anilines is 1. The predicted molar refractivity (Wildman–Crippen MR) is 106 cm³/mol. The largest absolute Gasteiger partial charge is 0.467 e. The van der Waals surface area contributed by atoms with E-state index >= 15 is 0 Å². The van der Waals surface area contributed by atoms with Crippen LogP contribution in [0.5, 0.6) is 0 Å². The first-order valence-electron chi connectivity index (χ1n) is 9.51. The number of hydrogen-bond acceptors (Lipinski definition) is 6. The molecule has 0 amide bonds. The average Bonchev–Trinajstić information content (AvgIpc) is 3.17. The molecule has 1 aromatic carbocycles. The number of benzene rings is 1. The summed E-state index contributed by atoms with van der Waals surface area (Å²) in [5, 5.41) is 3.14. The quantitative estimate of drug-likeness (QED) is 0.708. The number of nitrogens with one attached hydrogen (secondary N) is 1. The Kier molecular flexibility index (Phi) is 6.41. The summed E-state index contributed by atoms with van der Waals surface area (Å²) < 4.78 is 38.0. The molecule has 2 aromatic rings. The Morgan fingerprint density at radius 2 is 1.96 bits per heavy atom. The molecule has 1 fully saturated rings. The smallest absolute Gasteiger partial charge is 0.341 e. The van der Waals surface area contributed by atoms with Crippen molar-refractivity contribution in [1.29, 1.82) is 0 Å². The van der Waals surface area contributed by atoms with Crippen LogP contribution in [0.4, 0.5) is 5.69 Å². The van der Waals surface area contributed by atoms with Crippen LogP contribution in [0, 0.1) is 6.92 Å². The van der Waals surface area contributed by atoms with Gasteiger partial charge in [-0.15, -0.1) is 0 Å². The van der Waals surface area contributed by atoms with Gasteiger partial charge in [0.2, 0.25) is 10.0 Å². The number of sulfonamides is 1. The fraction of sp³-hybridized carbons (Fsp3) is 0.450. The van der Waals surface area contributed by atoms with Gasteiger partial charge in [0.25, 0.3) is 0 Å². The lowest BCUT2D eigenvalue weighted by Gasteiger charge is -2.26. The van der Waals surface area contributed by atoms with Crippen LogP contribution in [0.25, 0.3) is 0 Å². The summed E-state index contributed by atoms with van der Waals surface area (Å²) >= 11 is 0. The van der Waals surface area contributed by atoms with Crippen molar-refractivity contribution in [2.45, 2.75) is 44.6 Å². The Morgan fingerprint density at radius 1 is 1.21 bits per heavy atom. The van der Waals surface area contributed by atoms with Crippen molar-refractivity contribution in [3.8, 4) is 0 Å².